The van der Waals surface area contributed by atoms with Gasteiger partial charge in [0.2, 0.25) is 0 Å². The first kappa shape index (κ1) is 29.7. The van der Waals surface area contributed by atoms with Crippen molar-refractivity contribution in [3.63, 3.8) is 0 Å². The number of ether oxygens (including phenoxy) is 2. The molecule has 0 aromatic heterocycles. The van der Waals surface area contributed by atoms with Gasteiger partial charge in [-0.2, -0.15) is 0 Å². The van der Waals surface area contributed by atoms with Gasteiger partial charge in [0, 0.05) is 48.6 Å². The fraction of sp³-hybridized carbons (Fsp3) is 0.316. The van der Waals surface area contributed by atoms with E-state index in [1.54, 1.807) is 60.7 Å². The number of phenols is 4. The third-order valence-corrected chi connectivity index (χ3v) is 9.94. The Bertz CT molecular complexity index is 1630. The molecular formula is C38H36O8. The van der Waals surface area contributed by atoms with E-state index in [-0.39, 0.29) is 70.4 Å². The number of carbonyl (C=O) groups excluding carboxylic acids is 2. The molecule has 8 heteroatoms. The molecule has 2 heterocycles. The highest BCUT2D eigenvalue weighted by molar-refractivity contribution is 5.80. The van der Waals surface area contributed by atoms with Gasteiger partial charge in [-0.1, -0.05) is 24.3 Å². The number of ketones is 2. The number of carbonyl (C=O) groups is 2. The molecule has 4 aromatic carbocycles. The normalized spacial score (nSPS) is 26.1. The van der Waals surface area contributed by atoms with E-state index in [0.29, 0.717) is 25.7 Å². The van der Waals surface area contributed by atoms with E-state index in [1.807, 2.05) is 24.3 Å². The second kappa shape index (κ2) is 12.1. The second-order valence-electron chi connectivity index (χ2n) is 12.8. The summed E-state index contributed by atoms with van der Waals surface area (Å²) in [4.78, 5) is 24.0. The Hall–Kier alpha value is -4.98. The molecule has 4 aliphatic rings. The van der Waals surface area contributed by atoms with Gasteiger partial charge in [0.05, 0.1) is 0 Å². The van der Waals surface area contributed by atoms with E-state index >= 15 is 0 Å². The van der Waals surface area contributed by atoms with E-state index in [0.717, 1.165) is 46.6 Å². The molecule has 2 fully saturated rings. The molecular weight excluding hydrogens is 584 g/mol. The van der Waals surface area contributed by atoms with Crippen LogP contribution >= 0.6 is 0 Å². The van der Waals surface area contributed by atoms with Crippen molar-refractivity contribution in [2.75, 3.05) is 0 Å². The van der Waals surface area contributed by atoms with Crippen LogP contribution in [0.2, 0.25) is 0 Å². The molecule has 46 heavy (non-hydrogen) atoms. The lowest BCUT2D eigenvalue weighted by molar-refractivity contribution is -0.124. The summed E-state index contributed by atoms with van der Waals surface area (Å²) < 4.78 is 12.4. The van der Waals surface area contributed by atoms with Crippen molar-refractivity contribution in [1.29, 1.82) is 0 Å². The summed E-state index contributed by atoms with van der Waals surface area (Å²) >= 11 is 0. The molecule has 2 aliphatic heterocycles. The molecule has 0 unspecified atom stereocenters. The molecule has 2 aliphatic carbocycles. The third kappa shape index (κ3) is 5.75. The number of benzene rings is 4. The van der Waals surface area contributed by atoms with Crippen LogP contribution in [0.5, 0.6) is 34.5 Å². The van der Waals surface area contributed by atoms with E-state index < -0.39 is 0 Å². The quantitative estimate of drug-likeness (QED) is 0.183. The summed E-state index contributed by atoms with van der Waals surface area (Å²) in [7, 11) is 0. The Morgan fingerprint density at radius 1 is 0.500 bits per heavy atom. The van der Waals surface area contributed by atoms with Crippen LogP contribution in [0.1, 0.15) is 84.8 Å². The highest BCUT2D eigenvalue weighted by atomic mass is 16.5. The van der Waals surface area contributed by atoms with Crippen LogP contribution in [-0.4, -0.2) is 32.0 Å². The van der Waals surface area contributed by atoms with Gasteiger partial charge < -0.3 is 29.9 Å². The van der Waals surface area contributed by atoms with Crippen molar-refractivity contribution >= 4 is 11.6 Å². The summed E-state index contributed by atoms with van der Waals surface area (Å²) in [6, 6.07) is 24.3. The van der Waals surface area contributed by atoms with Gasteiger partial charge in [0.15, 0.2) is 0 Å². The maximum absolute atomic E-state index is 12.0. The topological polar surface area (TPSA) is 134 Å². The molecule has 8 rings (SSSR count). The predicted octanol–water partition coefficient (Wildman–Crippen LogP) is 7.37. The largest absolute Gasteiger partial charge is 0.508 e. The fourth-order valence-electron chi connectivity index (χ4n) is 7.76. The molecule has 0 bridgehead atoms. The molecule has 2 saturated carbocycles. The molecule has 6 atom stereocenters. The number of phenolic OH excluding ortho intramolecular Hbond substituents is 4. The average Bonchev–Trinajstić information content (AvgIpc) is 3.05. The van der Waals surface area contributed by atoms with Gasteiger partial charge in [0.25, 0.3) is 0 Å². The highest BCUT2D eigenvalue weighted by Gasteiger charge is 2.44. The minimum Gasteiger partial charge on any atom is -0.508 e. The lowest BCUT2D eigenvalue weighted by Crippen LogP contribution is -2.34. The fourth-order valence-corrected chi connectivity index (χ4v) is 7.76. The van der Waals surface area contributed by atoms with Crippen LogP contribution < -0.4 is 9.47 Å². The van der Waals surface area contributed by atoms with Gasteiger partial charge in [-0.25, -0.2) is 0 Å². The third-order valence-electron chi connectivity index (χ3n) is 9.94. The number of rotatable bonds is 2. The summed E-state index contributed by atoms with van der Waals surface area (Å²) in [5.41, 5.74) is 3.92. The average molecular weight is 621 g/mol. The van der Waals surface area contributed by atoms with Gasteiger partial charge >= 0.3 is 0 Å². The molecule has 236 valence electrons. The van der Waals surface area contributed by atoms with Crippen LogP contribution in [0.15, 0.2) is 84.9 Å². The van der Waals surface area contributed by atoms with E-state index in [4.69, 9.17) is 9.47 Å². The number of fused-ring (bicyclic) bond motifs is 6. The summed E-state index contributed by atoms with van der Waals surface area (Å²) in [5.74, 6) is 3.52. The number of aromatic hydroxyl groups is 4. The van der Waals surface area contributed by atoms with Crippen molar-refractivity contribution in [2.24, 2.45) is 11.8 Å². The van der Waals surface area contributed by atoms with Crippen molar-refractivity contribution in [1.82, 2.24) is 0 Å². The van der Waals surface area contributed by atoms with E-state index in [2.05, 4.69) is 0 Å². The predicted molar refractivity (Wildman–Crippen MR) is 169 cm³/mol. The summed E-state index contributed by atoms with van der Waals surface area (Å²) in [6.45, 7) is 0. The van der Waals surface area contributed by atoms with Crippen molar-refractivity contribution in [2.45, 2.75) is 62.6 Å². The van der Waals surface area contributed by atoms with Crippen molar-refractivity contribution in [3.8, 4) is 34.5 Å². The zero-order chi connectivity index (χ0) is 31.9. The minimum absolute atomic E-state index is 0.0649. The molecule has 0 amide bonds. The SMILES string of the molecule is O=C1CC[C@@H]2c3cc(O)ccc3O[C@H](c3ccc(O)cc3)[C@@H]2C1.O=C1CC[C@@H]2c3cc(O)ccc3O[C@H](c3ccc(O)cc3)[C@@H]2C1. The van der Waals surface area contributed by atoms with Gasteiger partial charge in [0.1, 0.15) is 58.3 Å². The van der Waals surface area contributed by atoms with Gasteiger partial charge in [-0.3, -0.25) is 9.59 Å². The van der Waals surface area contributed by atoms with Crippen LogP contribution in [0.3, 0.4) is 0 Å². The van der Waals surface area contributed by atoms with Crippen LogP contribution in [0.25, 0.3) is 0 Å². The smallest absolute Gasteiger partial charge is 0.133 e. The Morgan fingerprint density at radius 3 is 1.26 bits per heavy atom. The second-order valence-corrected chi connectivity index (χ2v) is 12.8. The molecule has 0 spiro atoms. The Labute approximate surface area is 266 Å². The zero-order valence-corrected chi connectivity index (χ0v) is 25.2. The van der Waals surface area contributed by atoms with E-state index in [9.17, 15) is 30.0 Å². The van der Waals surface area contributed by atoms with Crippen molar-refractivity contribution < 1.29 is 39.5 Å². The van der Waals surface area contributed by atoms with Crippen LogP contribution in [-0.2, 0) is 9.59 Å². The first-order valence-electron chi connectivity index (χ1n) is 15.8. The Morgan fingerprint density at radius 2 is 0.870 bits per heavy atom. The maximum atomic E-state index is 12.0. The molecule has 0 saturated heterocycles. The monoisotopic (exact) mass is 620 g/mol. The Kier molecular flexibility index (Phi) is 7.80. The summed E-state index contributed by atoms with van der Waals surface area (Å²) in [6.07, 6.45) is 3.31. The maximum Gasteiger partial charge on any atom is 0.133 e. The number of hydrogen-bond donors (Lipinski definition) is 4. The first-order chi connectivity index (χ1) is 22.2. The van der Waals surface area contributed by atoms with Gasteiger partial charge in [-0.05, 0) is 96.5 Å². The molecule has 4 aromatic rings. The van der Waals surface area contributed by atoms with E-state index in [1.165, 1.54) is 0 Å². The molecule has 4 N–H and O–H groups in total. The number of Topliss-reactive ketones (excluding diaryl/α,β-unsaturated/α-hetero) is 2. The van der Waals surface area contributed by atoms with Crippen molar-refractivity contribution in [3.05, 3.63) is 107 Å². The minimum atomic E-state index is -0.207. The summed E-state index contributed by atoms with van der Waals surface area (Å²) in [5, 5.41) is 38.6. The van der Waals surface area contributed by atoms with Crippen LogP contribution in [0, 0.1) is 11.8 Å². The molecule has 8 nitrogen and oxygen atoms in total. The molecule has 0 radical (unpaired) electrons. The lowest BCUT2D eigenvalue weighted by atomic mass is 9.69. The standard InChI is InChI=1S/2C19H18O4/c2*20-12-3-1-11(2-4-12)19-17-10-13(21)5-7-15(17)16-9-14(22)6-8-18(16)23-19/h2*1-4,6,8-9,15,17,19-20,22H,5,7,10H2/t2*15-,17-,19-/m11/s1. The highest BCUT2D eigenvalue weighted by Crippen LogP contribution is 2.53. The first-order valence-corrected chi connectivity index (χ1v) is 15.8. The van der Waals surface area contributed by atoms with Gasteiger partial charge in [-0.15, -0.1) is 0 Å². The number of hydrogen-bond acceptors (Lipinski definition) is 8. The lowest BCUT2D eigenvalue weighted by Gasteiger charge is -2.42. The Balaban J connectivity index is 0.000000147. The van der Waals surface area contributed by atoms with Crippen LogP contribution in [0.4, 0.5) is 0 Å². The zero-order valence-electron chi connectivity index (χ0n) is 25.2.